The van der Waals surface area contributed by atoms with E-state index in [9.17, 15) is 13.2 Å². The third-order valence-corrected chi connectivity index (χ3v) is 7.71. The predicted octanol–water partition coefficient (Wildman–Crippen LogP) is 4.07. The fraction of sp³-hybridized carbons (Fsp3) is 0.391. The molecule has 0 radical (unpaired) electrons. The van der Waals surface area contributed by atoms with Gasteiger partial charge in [0.1, 0.15) is 0 Å². The Morgan fingerprint density at radius 2 is 2.03 bits per heavy atom. The molecule has 1 saturated heterocycles. The fourth-order valence-electron chi connectivity index (χ4n) is 3.82. The number of sulfone groups is 1. The van der Waals surface area contributed by atoms with Gasteiger partial charge in [-0.25, -0.2) is 13.4 Å². The van der Waals surface area contributed by atoms with E-state index >= 15 is 0 Å². The molecule has 31 heavy (non-hydrogen) atoms. The fourth-order valence-corrected chi connectivity index (χ4v) is 5.57. The van der Waals surface area contributed by atoms with Gasteiger partial charge in [-0.1, -0.05) is 35.1 Å². The van der Waals surface area contributed by atoms with Crippen LogP contribution >= 0.6 is 11.3 Å². The molecule has 0 N–H and O–H groups in total. The predicted molar refractivity (Wildman–Crippen MR) is 124 cm³/mol. The molecule has 1 amide bonds. The van der Waals surface area contributed by atoms with Crippen LogP contribution in [0.4, 0.5) is 5.13 Å². The molecule has 164 valence electrons. The van der Waals surface area contributed by atoms with Crippen LogP contribution < -0.4 is 4.90 Å². The standard InChI is InChI=1S/C23H26N2O4S2/c1-15-6-7-17(16(2)11-15)12-22(26)25(14-18-5-4-10-29-18)23-24-20-9-8-19(31(3,27)28)13-21(20)30-23/h6-9,11,13,18H,4-5,10,12,14H2,1-3H3. The number of anilines is 1. The molecule has 8 heteroatoms. The highest BCUT2D eigenvalue weighted by atomic mass is 32.2. The van der Waals surface area contributed by atoms with Crippen molar-refractivity contribution in [3.8, 4) is 0 Å². The number of nitrogens with zero attached hydrogens (tertiary/aromatic N) is 2. The zero-order valence-electron chi connectivity index (χ0n) is 17.9. The van der Waals surface area contributed by atoms with Crippen molar-refractivity contribution in [2.75, 3.05) is 24.3 Å². The van der Waals surface area contributed by atoms with Gasteiger partial charge in [-0.05, 0) is 56.0 Å². The molecule has 2 heterocycles. The molecule has 1 aliphatic rings. The number of aryl methyl sites for hydroxylation is 2. The molecule has 6 nitrogen and oxygen atoms in total. The molecule has 1 unspecified atom stereocenters. The number of hydrogen-bond donors (Lipinski definition) is 0. The van der Waals surface area contributed by atoms with Gasteiger partial charge in [-0.2, -0.15) is 0 Å². The molecular formula is C23H26N2O4S2. The van der Waals surface area contributed by atoms with Crippen LogP contribution in [0.2, 0.25) is 0 Å². The van der Waals surface area contributed by atoms with Crippen molar-refractivity contribution in [1.82, 2.24) is 4.98 Å². The van der Waals surface area contributed by atoms with E-state index in [-0.39, 0.29) is 23.3 Å². The molecule has 0 spiro atoms. The van der Waals surface area contributed by atoms with Gasteiger partial charge >= 0.3 is 0 Å². The van der Waals surface area contributed by atoms with Crippen molar-refractivity contribution < 1.29 is 17.9 Å². The van der Waals surface area contributed by atoms with E-state index in [1.807, 2.05) is 26.0 Å². The summed E-state index contributed by atoms with van der Waals surface area (Å²) in [6, 6.07) is 11.0. The van der Waals surface area contributed by atoms with Gasteiger partial charge in [0.05, 0.1) is 34.2 Å². The first kappa shape index (κ1) is 21.9. The van der Waals surface area contributed by atoms with Crippen molar-refractivity contribution in [1.29, 1.82) is 0 Å². The second-order valence-corrected chi connectivity index (χ2v) is 11.2. The molecule has 0 aliphatic carbocycles. The Balaban J connectivity index is 1.67. The van der Waals surface area contributed by atoms with E-state index in [0.29, 0.717) is 23.8 Å². The summed E-state index contributed by atoms with van der Waals surface area (Å²) in [5.74, 6) is -0.0372. The maximum absolute atomic E-state index is 13.4. The second-order valence-electron chi connectivity index (χ2n) is 8.14. The zero-order valence-corrected chi connectivity index (χ0v) is 19.6. The third-order valence-electron chi connectivity index (χ3n) is 5.56. The summed E-state index contributed by atoms with van der Waals surface area (Å²) >= 11 is 1.34. The molecule has 0 saturated carbocycles. The van der Waals surface area contributed by atoms with Crippen LogP contribution in [-0.4, -0.2) is 44.8 Å². The molecule has 3 aromatic rings. The normalized spacial score (nSPS) is 16.7. The van der Waals surface area contributed by atoms with E-state index in [1.54, 1.807) is 23.1 Å². The highest BCUT2D eigenvalue weighted by Gasteiger charge is 2.26. The van der Waals surface area contributed by atoms with Crippen molar-refractivity contribution in [3.05, 3.63) is 53.1 Å². The lowest BCUT2D eigenvalue weighted by Crippen LogP contribution is -2.38. The number of fused-ring (bicyclic) bond motifs is 1. The Hall–Kier alpha value is -2.29. The third kappa shape index (κ3) is 4.97. The lowest BCUT2D eigenvalue weighted by atomic mass is 10.0. The Morgan fingerprint density at radius 3 is 2.71 bits per heavy atom. The summed E-state index contributed by atoms with van der Waals surface area (Å²) in [6.45, 7) is 5.21. The maximum Gasteiger partial charge on any atom is 0.233 e. The average Bonchev–Trinajstić information content (AvgIpc) is 3.36. The van der Waals surface area contributed by atoms with Crippen molar-refractivity contribution >= 4 is 42.4 Å². The van der Waals surface area contributed by atoms with Gasteiger partial charge in [-0.15, -0.1) is 0 Å². The molecule has 1 aromatic heterocycles. The monoisotopic (exact) mass is 458 g/mol. The van der Waals surface area contributed by atoms with Gasteiger partial charge in [0.2, 0.25) is 5.91 Å². The number of rotatable bonds is 6. The minimum atomic E-state index is -3.31. The van der Waals surface area contributed by atoms with Crippen LogP contribution in [0.25, 0.3) is 10.2 Å². The number of carbonyl (C=O) groups excluding carboxylic acids is 1. The van der Waals surface area contributed by atoms with Crippen LogP contribution in [0.1, 0.15) is 29.5 Å². The zero-order chi connectivity index (χ0) is 22.2. The minimum Gasteiger partial charge on any atom is -0.376 e. The largest absolute Gasteiger partial charge is 0.376 e. The van der Waals surface area contributed by atoms with Crippen LogP contribution in [0.15, 0.2) is 41.3 Å². The van der Waals surface area contributed by atoms with Gasteiger partial charge in [-0.3, -0.25) is 9.69 Å². The smallest absolute Gasteiger partial charge is 0.233 e. The topological polar surface area (TPSA) is 76.6 Å². The average molecular weight is 459 g/mol. The van der Waals surface area contributed by atoms with Crippen molar-refractivity contribution in [2.24, 2.45) is 0 Å². The van der Waals surface area contributed by atoms with E-state index < -0.39 is 9.84 Å². The molecule has 4 rings (SSSR count). The summed E-state index contributed by atoms with van der Waals surface area (Å²) < 4.78 is 30.4. The summed E-state index contributed by atoms with van der Waals surface area (Å²) in [5, 5.41) is 0.575. The van der Waals surface area contributed by atoms with Crippen LogP contribution in [0.5, 0.6) is 0 Å². The Labute approximate surface area is 186 Å². The molecule has 1 aliphatic heterocycles. The summed E-state index contributed by atoms with van der Waals surface area (Å²) in [5.41, 5.74) is 3.93. The highest BCUT2D eigenvalue weighted by molar-refractivity contribution is 7.90. The Kier molecular flexibility index (Phi) is 6.14. The second kappa shape index (κ2) is 8.68. The van der Waals surface area contributed by atoms with Gasteiger partial charge in [0.25, 0.3) is 0 Å². The Morgan fingerprint density at radius 1 is 1.23 bits per heavy atom. The SMILES string of the molecule is Cc1ccc(CC(=O)N(CC2CCCO2)c2nc3ccc(S(C)(=O)=O)cc3s2)c(C)c1. The molecular weight excluding hydrogens is 432 g/mol. The molecule has 1 atom stereocenters. The van der Waals surface area contributed by atoms with E-state index in [1.165, 1.54) is 17.6 Å². The summed E-state index contributed by atoms with van der Waals surface area (Å²) in [6.07, 6.45) is 3.36. The number of aromatic nitrogens is 1. The number of amides is 1. The Bertz CT molecular complexity index is 1230. The van der Waals surface area contributed by atoms with Crippen LogP contribution in [-0.2, 0) is 25.8 Å². The van der Waals surface area contributed by atoms with Gasteiger partial charge < -0.3 is 4.74 Å². The van der Waals surface area contributed by atoms with Crippen LogP contribution in [0, 0.1) is 13.8 Å². The van der Waals surface area contributed by atoms with Crippen LogP contribution in [0.3, 0.4) is 0 Å². The minimum absolute atomic E-state index is 0.0124. The first-order valence-corrected chi connectivity index (χ1v) is 13.0. The van der Waals surface area contributed by atoms with E-state index in [0.717, 1.165) is 34.2 Å². The molecule has 1 fully saturated rings. The quantitative estimate of drug-likeness (QED) is 0.557. The lowest BCUT2D eigenvalue weighted by Gasteiger charge is -2.23. The van der Waals surface area contributed by atoms with E-state index in [2.05, 4.69) is 11.1 Å². The molecule has 2 aromatic carbocycles. The first-order chi connectivity index (χ1) is 14.7. The number of thiazole rings is 1. The summed E-state index contributed by atoms with van der Waals surface area (Å²) in [4.78, 5) is 20.0. The van der Waals surface area contributed by atoms with Gasteiger partial charge in [0.15, 0.2) is 15.0 Å². The van der Waals surface area contributed by atoms with Crippen molar-refractivity contribution in [2.45, 2.75) is 44.1 Å². The number of ether oxygens (including phenoxy) is 1. The van der Waals surface area contributed by atoms with E-state index in [4.69, 9.17) is 4.74 Å². The van der Waals surface area contributed by atoms with Crippen molar-refractivity contribution in [3.63, 3.8) is 0 Å². The summed E-state index contributed by atoms with van der Waals surface area (Å²) in [7, 11) is -3.31. The lowest BCUT2D eigenvalue weighted by molar-refractivity contribution is -0.118. The number of hydrogen-bond acceptors (Lipinski definition) is 6. The van der Waals surface area contributed by atoms with Gasteiger partial charge in [0, 0.05) is 12.9 Å². The maximum atomic E-state index is 13.4. The molecule has 0 bridgehead atoms. The number of carbonyl (C=O) groups is 1. The highest BCUT2D eigenvalue weighted by Crippen LogP contribution is 2.32. The first-order valence-electron chi connectivity index (χ1n) is 10.3. The number of benzene rings is 2.